The second-order valence-electron chi connectivity index (χ2n) is 4.64. The van der Waals surface area contributed by atoms with E-state index in [0.29, 0.717) is 0 Å². The smallest absolute Gasteiger partial charge is 0.0455 e. The molecule has 1 aliphatic rings. The molecule has 0 N–H and O–H groups in total. The summed E-state index contributed by atoms with van der Waals surface area (Å²) in [6, 6.07) is 8.77. The molecule has 0 spiro atoms. The summed E-state index contributed by atoms with van der Waals surface area (Å²) >= 11 is 3.56. The fourth-order valence-electron chi connectivity index (χ4n) is 2.73. The largest absolute Gasteiger partial charge is 0.300 e. The van der Waals surface area contributed by atoms with E-state index >= 15 is 0 Å². The van der Waals surface area contributed by atoms with Crippen molar-refractivity contribution < 1.29 is 0 Å². The zero-order valence-corrected chi connectivity index (χ0v) is 11.0. The molecule has 1 nitrogen and oxygen atoms in total. The van der Waals surface area contributed by atoms with Gasteiger partial charge in [-0.25, -0.2) is 0 Å². The summed E-state index contributed by atoms with van der Waals surface area (Å²) in [7, 11) is 4.40. The molecule has 0 aromatic heterocycles. The number of rotatable bonds is 2. The highest BCUT2D eigenvalue weighted by Crippen LogP contribution is 2.42. The van der Waals surface area contributed by atoms with Crippen LogP contribution in [0.4, 0.5) is 0 Å². The lowest BCUT2D eigenvalue weighted by Gasteiger charge is -2.37. The lowest BCUT2D eigenvalue weighted by atomic mass is 9.87. The molecule has 0 radical (unpaired) electrons. The predicted octanol–water partition coefficient (Wildman–Crippen LogP) is 3.78. The van der Waals surface area contributed by atoms with Gasteiger partial charge in [0.1, 0.15) is 0 Å². The zero-order chi connectivity index (χ0) is 10.9. The maximum absolute atomic E-state index is 3.56. The second kappa shape index (κ2) is 4.26. The van der Waals surface area contributed by atoms with Crippen LogP contribution in [-0.4, -0.2) is 19.0 Å². The van der Waals surface area contributed by atoms with Gasteiger partial charge in [-0.3, -0.25) is 4.90 Å². The van der Waals surface area contributed by atoms with E-state index in [2.05, 4.69) is 59.2 Å². The minimum Gasteiger partial charge on any atom is -0.300 e. The molecule has 1 fully saturated rings. The molecule has 1 aliphatic carbocycles. The van der Waals surface area contributed by atoms with Crippen molar-refractivity contribution in [2.45, 2.75) is 31.2 Å². The molecule has 0 amide bonds. The van der Waals surface area contributed by atoms with Crippen molar-refractivity contribution in [2.75, 3.05) is 14.1 Å². The topological polar surface area (TPSA) is 3.24 Å². The monoisotopic (exact) mass is 267 g/mol. The summed E-state index contributed by atoms with van der Waals surface area (Å²) in [6.07, 6.45) is 5.28. The van der Waals surface area contributed by atoms with E-state index in [-0.39, 0.29) is 5.54 Å². The molecule has 1 aromatic rings. The highest BCUT2D eigenvalue weighted by atomic mass is 79.9. The molecular weight excluding hydrogens is 250 g/mol. The Labute approximate surface area is 101 Å². The highest BCUT2D eigenvalue weighted by molar-refractivity contribution is 9.10. The third-order valence-corrected chi connectivity index (χ3v) is 4.14. The van der Waals surface area contributed by atoms with Gasteiger partial charge in [0.2, 0.25) is 0 Å². The van der Waals surface area contributed by atoms with E-state index in [1.54, 1.807) is 0 Å². The molecule has 82 valence electrons. The van der Waals surface area contributed by atoms with Crippen molar-refractivity contribution >= 4 is 15.9 Å². The Bertz CT molecular complexity index is 340. The van der Waals surface area contributed by atoms with Crippen LogP contribution in [0.25, 0.3) is 0 Å². The van der Waals surface area contributed by atoms with Gasteiger partial charge in [-0.05, 0) is 44.6 Å². The van der Waals surface area contributed by atoms with Crippen LogP contribution in [-0.2, 0) is 5.54 Å². The lowest BCUT2D eigenvalue weighted by molar-refractivity contribution is 0.158. The Kier molecular flexibility index (Phi) is 3.17. The van der Waals surface area contributed by atoms with E-state index in [1.807, 2.05) is 0 Å². The van der Waals surface area contributed by atoms with Crippen molar-refractivity contribution in [1.29, 1.82) is 0 Å². The Balaban J connectivity index is 2.41. The molecule has 0 bridgehead atoms. The molecule has 0 atom stereocenters. The third kappa shape index (κ3) is 1.98. The number of nitrogens with zero attached hydrogens (tertiary/aromatic N) is 1. The van der Waals surface area contributed by atoms with Gasteiger partial charge in [-0.15, -0.1) is 0 Å². The first-order valence-electron chi connectivity index (χ1n) is 5.59. The van der Waals surface area contributed by atoms with Crippen molar-refractivity contribution in [3.63, 3.8) is 0 Å². The van der Waals surface area contributed by atoms with Crippen LogP contribution < -0.4 is 0 Å². The van der Waals surface area contributed by atoms with Gasteiger partial charge in [0.15, 0.2) is 0 Å². The summed E-state index contributed by atoms with van der Waals surface area (Å²) in [4.78, 5) is 2.39. The van der Waals surface area contributed by atoms with Crippen molar-refractivity contribution in [3.8, 4) is 0 Å². The molecule has 2 heteroatoms. The Morgan fingerprint density at radius 2 is 1.87 bits per heavy atom. The van der Waals surface area contributed by atoms with Crippen LogP contribution in [0.2, 0.25) is 0 Å². The summed E-state index contributed by atoms with van der Waals surface area (Å²) in [5, 5.41) is 0. The van der Waals surface area contributed by atoms with E-state index in [0.717, 1.165) is 0 Å². The van der Waals surface area contributed by atoms with Crippen LogP contribution in [0.15, 0.2) is 28.7 Å². The van der Waals surface area contributed by atoms with Gasteiger partial charge in [-0.2, -0.15) is 0 Å². The summed E-state index contributed by atoms with van der Waals surface area (Å²) in [5.41, 5.74) is 1.74. The molecule has 2 rings (SSSR count). The molecule has 0 unspecified atom stereocenters. The Morgan fingerprint density at radius 1 is 1.20 bits per heavy atom. The number of hydrogen-bond donors (Lipinski definition) is 0. The van der Waals surface area contributed by atoms with Crippen molar-refractivity contribution in [3.05, 3.63) is 34.3 Å². The van der Waals surface area contributed by atoms with Gasteiger partial charge in [0, 0.05) is 10.0 Å². The van der Waals surface area contributed by atoms with Crippen LogP contribution in [0.3, 0.4) is 0 Å². The standard InChI is InChI=1S/C13H18BrN/c1-15(2)13(8-3-4-9-13)11-6-5-7-12(14)10-11/h5-7,10H,3-4,8-9H2,1-2H3. The third-order valence-electron chi connectivity index (χ3n) is 3.65. The first kappa shape index (κ1) is 11.2. The first-order chi connectivity index (χ1) is 7.15. The minimum absolute atomic E-state index is 0.282. The molecule has 15 heavy (non-hydrogen) atoms. The molecule has 0 aliphatic heterocycles. The SMILES string of the molecule is CN(C)C1(c2cccc(Br)c2)CCCC1. The summed E-state index contributed by atoms with van der Waals surface area (Å²) in [5.74, 6) is 0. The van der Waals surface area contributed by atoms with Gasteiger partial charge >= 0.3 is 0 Å². The number of hydrogen-bond acceptors (Lipinski definition) is 1. The van der Waals surface area contributed by atoms with Crippen LogP contribution >= 0.6 is 15.9 Å². The summed E-state index contributed by atoms with van der Waals surface area (Å²) < 4.78 is 1.19. The number of halogens is 1. The maximum Gasteiger partial charge on any atom is 0.0455 e. The highest BCUT2D eigenvalue weighted by Gasteiger charge is 2.37. The predicted molar refractivity (Wildman–Crippen MR) is 68.0 cm³/mol. The average molecular weight is 268 g/mol. The molecule has 1 saturated carbocycles. The van der Waals surface area contributed by atoms with E-state index in [4.69, 9.17) is 0 Å². The number of benzene rings is 1. The molecule has 0 saturated heterocycles. The van der Waals surface area contributed by atoms with Crippen LogP contribution in [0.1, 0.15) is 31.2 Å². The lowest BCUT2D eigenvalue weighted by Crippen LogP contribution is -2.38. The minimum atomic E-state index is 0.282. The molecular formula is C13H18BrN. The van der Waals surface area contributed by atoms with Gasteiger partial charge in [-0.1, -0.05) is 40.9 Å². The van der Waals surface area contributed by atoms with Crippen molar-refractivity contribution in [1.82, 2.24) is 4.90 Å². The summed E-state index contributed by atoms with van der Waals surface area (Å²) in [6.45, 7) is 0. The molecule has 1 aromatic carbocycles. The fourth-order valence-corrected chi connectivity index (χ4v) is 3.13. The molecule has 0 heterocycles. The van der Waals surface area contributed by atoms with E-state index in [9.17, 15) is 0 Å². The Hall–Kier alpha value is -0.340. The second-order valence-corrected chi connectivity index (χ2v) is 5.56. The first-order valence-corrected chi connectivity index (χ1v) is 6.38. The van der Waals surface area contributed by atoms with Gasteiger partial charge in [0.05, 0.1) is 0 Å². The normalized spacial score (nSPS) is 19.7. The van der Waals surface area contributed by atoms with Gasteiger partial charge in [0.25, 0.3) is 0 Å². The maximum atomic E-state index is 3.56. The van der Waals surface area contributed by atoms with Crippen molar-refractivity contribution in [2.24, 2.45) is 0 Å². The van der Waals surface area contributed by atoms with Crippen LogP contribution in [0, 0.1) is 0 Å². The quantitative estimate of drug-likeness (QED) is 0.789. The van der Waals surface area contributed by atoms with E-state index in [1.165, 1.54) is 35.7 Å². The van der Waals surface area contributed by atoms with Crippen LogP contribution in [0.5, 0.6) is 0 Å². The zero-order valence-electron chi connectivity index (χ0n) is 9.46. The fraction of sp³-hybridized carbons (Fsp3) is 0.538. The Morgan fingerprint density at radius 3 is 2.40 bits per heavy atom. The average Bonchev–Trinajstić information content (AvgIpc) is 2.67. The van der Waals surface area contributed by atoms with Gasteiger partial charge < -0.3 is 0 Å². The van der Waals surface area contributed by atoms with E-state index < -0.39 is 0 Å².